The van der Waals surface area contributed by atoms with E-state index >= 15 is 8.78 Å². The number of benzene rings is 2. The van der Waals surface area contributed by atoms with Crippen molar-refractivity contribution in [3.05, 3.63) is 63.1 Å². The van der Waals surface area contributed by atoms with E-state index < -0.39 is 41.0 Å². The first-order valence-electron chi connectivity index (χ1n) is 14.2. The van der Waals surface area contributed by atoms with Crippen LogP contribution in [0.15, 0.2) is 30.3 Å². The summed E-state index contributed by atoms with van der Waals surface area (Å²) in [5.41, 5.74) is -0.782. The maximum Gasteiger partial charge on any atom is 0.237 e. The molecule has 0 unspecified atom stereocenters. The Hall–Kier alpha value is -2.06. The number of nitrogens with one attached hydrogen (secondary N) is 2. The quantitative estimate of drug-likeness (QED) is 0.369. The van der Waals surface area contributed by atoms with Crippen molar-refractivity contribution in [2.45, 2.75) is 82.7 Å². The van der Waals surface area contributed by atoms with Crippen LogP contribution in [0.5, 0.6) is 0 Å². The van der Waals surface area contributed by atoms with Gasteiger partial charge < -0.3 is 15.5 Å². The topological polar surface area (TPSA) is 61.4 Å². The van der Waals surface area contributed by atoms with Crippen LogP contribution in [0.25, 0.3) is 0 Å². The summed E-state index contributed by atoms with van der Waals surface area (Å²) in [6, 6.07) is 5.88. The number of nitrogens with zero attached hydrogens (tertiary/aromatic N) is 1. The van der Waals surface area contributed by atoms with Gasteiger partial charge in [0, 0.05) is 24.1 Å². The third-order valence-electron chi connectivity index (χ3n) is 8.71. The molecule has 0 saturated carbocycles. The molecule has 1 spiro atoms. The Labute approximate surface area is 245 Å². The maximum atomic E-state index is 15.8. The number of fused-ring (bicyclic) bond motifs is 2. The molecular formula is C31H37Cl2F2N3O2. The van der Waals surface area contributed by atoms with Crippen LogP contribution in [0, 0.1) is 17.0 Å². The first-order chi connectivity index (χ1) is 18.9. The molecule has 0 bridgehead atoms. The normalized spacial score (nSPS) is 26.8. The molecule has 5 nitrogen and oxygen atoms in total. The molecule has 3 aliphatic rings. The Morgan fingerprint density at radius 2 is 1.82 bits per heavy atom. The van der Waals surface area contributed by atoms with Crippen molar-refractivity contribution < 1.29 is 18.4 Å². The lowest BCUT2D eigenvalue weighted by Crippen LogP contribution is -2.49. The standard InChI is InChI=1S/C31H37Cl2F2N3O2/c1-30(2,3)17-25-31(19-15-22(34)21(33)16-23(19)36-29(31)40)26(18-9-7-10-20(32)27(18)35)28(37-25)24(39)11-8-14-38-12-5-4-6-13-38/h7,9-10,15-16,25-26,28,37H,4-6,8,11-14,17H2,1-3H3,(H,36,40)/t25-,26+,28+,31+/m1/s1. The number of halogens is 4. The zero-order chi connectivity index (χ0) is 28.8. The predicted molar refractivity (Wildman–Crippen MR) is 155 cm³/mol. The average molecular weight is 593 g/mol. The van der Waals surface area contributed by atoms with E-state index in [2.05, 4.69) is 15.5 Å². The van der Waals surface area contributed by atoms with Crippen molar-refractivity contribution in [2.24, 2.45) is 5.41 Å². The van der Waals surface area contributed by atoms with E-state index in [0.717, 1.165) is 19.6 Å². The Balaban J connectivity index is 1.61. The molecule has 9 heteroatoms. The van der Waals surface area contributed by atoms with Gasteiger partial charge in [-0.25, -0.2) is 8.78 Å². The molecule has 1 amide bonds. The minimum Gasteiger partial charge on any atom is -0.325 e. The molecule has 0 radical (unpaired) electrons. The number of anilines is 1. The highest BCUT2D eigenvalue weighted by atomic mass is 35.5. The number of hydrogen-bond acceptors (Lipinski definition) is 4. The molecule has 3 heterocycles. The third-order valence-corrected chi connectivity index (χ3v) is 9.29. The number of likely N-dealkylation sites (tertiary alicyclic amines) is 1. The number of piperidine rings is 1. The summed E-state index contributed by atoms with van der Waals surface area (Å²) in [5, 5.41) is 6.16. The van der Waals surface area contributed by atoms with Crippen molar-refractivity contribution in [1.82, 2.24) is 10.2 Å². The molecule has 40 heavy (non-hydrogen) atoms. The number of hydrogen-bond donors (Lipinski definition) is 2. The molecule has 0 aliphatic carbocycles. The highest BCUT2D eigenvalue weighted by molar-refractivity contribution is 6.31. The Morgan fingerprint density at radius 3 is 2.52 bits per heavy atom. The van der Waals surface area contributed by atoms with E-state index in [4.69, 9.17) is 23.2 Å². The van der Waals surface area contributed by atoms with Crippen LogP contribution < -0.4 is 10.6 Å². The van der Waals surface area contributed by atoms with Crippen molar-refractivity contribution in [3.8, 4) is 0 Å². The first-order valence-corrected chi connectivity index (χ1v) is 14.9. The van der Waals surface area contributed by atoms with Crippen LogP contribution >= 0.6 is 23.2 Å². The zero-order valence-electron chi connectivity index (χ0n) is 23.3. The molecule has 2 aromatic rings. The van der Waals surface area contributed by atoms with Crippen molar-refractivity contribution in [2.75, 3.05) is 25.0 Å². The van der Waals surface area contributed by atoms with Crippen molar-refractivity contribution >= 4 is 40.6 Å². The second-order valence-electron chi connectivity index (χ2n) is 12.7. The smallest absolute Gasteiger partial charge is 0.237 e. The van der Waals surface area contributed by atoms with Crippen LogP contribution in [-0.2, 0) is 15.0 Å². The Bertz CT molecular complexity index is 1310. The summed E-state index contributed by atoms with van der Waals surface area (Å²) in [7, 11) is 0. The van der Waals surface area contributed by atoms with Crippen molar-refractivity contribution in [1.29, 1.82) is 0 Å². The number of carbonyl (C=O) groups is 2. The van der Waals surface area contributed by atoms with Crippen LogP contribution in [0.2, 0.25) is 10.0 Å². The van der Waals surface area contributed by atoms with Gasteiger partial charge in [0.25, 0.3) is 0 Å². The fourth-order valence-electron chi connectivity index (χ4n) is 7.03. The Morgan fingerprint density at radius 1 is 1.10 bits per heavy atom. The summed E-state index contributed by atoms with van der Waals surface area (Å²) < 4.78 is 30.8. The predicted octanol–water partition coefficient (Wildman–Crippen LogP) is 6.86. The summed E-state index contributed by atoms with van der Waals surface area (Å²) >= 11 is 12.3. The number of Topliss-reactive ketones (excluding diaryl/α,β-unsaturated/α-hetero) is 1. The number of rotatable bonds is 7. The average Bonchev–Trinajstić information content (AvgIpc) is 3.36. The molecule has 3 aliphatic heterocycles. The van der Waals surface area contributed by atoms with Crippen LogP contribution in [0.4, 0.5) is 14.5 Å². The first kappa shape index (κ1) is 29.4. The summed E-state index contributed by atoms with van der Waals surface area (Å²) in [5.74, 6) is -2.78. The minimum absolute atomic E-state index is 0.0899. The Kier molecular flexibility index (Phi) is 8.33. The zero-order valence-corrected chi connectivity index (χ0v) is 24.8. The number of ketones is 1. The fourth-order valence-corrected chi connectivity index (χ4v) is 7.38. The van der Waals surface area contributed by atoms with E-state index in [9.17, 15) is 9.59 Å². The lowest BCUT2D eigenvalue weighted by molar-refractivity contribution is -0.122. The van der Waals surface area contributed by atoms with Gasteiger partial charge in [-0.05, 0) is 80.1 Å². The van der Waals surface area contributed by atoms with E-state index in [-0.39, 0.29) is 33.2 Å². The van der Waals surface area contributed by atoms with E-state index in [1.54, 1.807) is 12.1 Å². The van der Waals surface area contributed by atoms with Crippen LogP contribution in [0.3, 0.4) is 0 Å². The van der Waals surface area contributed by atoms with Gasteiger partial charge >= 0.3 is 0 Å². The highest BCUT2D eigenvalue weighted by Gasteiger charge is 2.66. The van der Waals surface area contributed by atoms with Crippen LogP contribution in [0.1, 0.15) is 76.3 Å². The molecule has 216 valence electrons. The molecule has 5 rings (SSSR count). The largest absolute Gasteiger partial charge is 0.325 e. The highest BCUT2D eigenvalue weighted by Crippen LogP contribution is 2.57. The van der Waals surface area contributed by atoms with Gasteiger partial charge in [-0.15, -0.1) is 0 Å². The molecular weight excluding hydrogens is 555 g/mol. The summed E-state index contributed by atoms with van der Waals surface area (Å²) in [4.78, 5) is 30.5. The third kappa shape index (κ3) is 5.31. The van der Waals surface area contributed by atoms with Gasteiger partial charge in [-0.1, -0.05) is 62.5 Å². The number of amides is 1. The molecule has 2 N–H and O–H groups in total. The minimum atomic E-state index is -1.45. The van der Waals surface area contributed by atoms with Gasteiger partial charge in [0.1, 0.15) is 22.8 Å². The summed E-state index contributed by atoms with van der Waals surface area (Å²) in [6.07, 6.45) is 5.02. The molecule has 2 saturated heterocycles. The van der Waals surface area contributed by atoms with E-state index in [1.165, 1.54) is 37.5 Å². The van der Waals surface area contributed by atoms with Gasteiger partial charge in [0.15, 0.2) is 0 Å². The van der Waals surface area contributed by atoms with Gasteiger partial charge in [-0.3, -0.25) is 9.59 Å². The van der Waals surface area contributed by atoms with Gasteiger partial charge in [0.05, 0.1) is 16.1 Å². The molecule has 2 aromatic carbocycles. The summed E-state index contributed by atoms with van der Waals surface area (Å²) in [6.45, 7) is 9.02. The molecule has 4 atom stereocenters. The SMILES string of the molecule is CC(C)(C)C[C@H]1N[C@@H](C(=O)CCCN2CCCCC2)[C@H](c2cccc(Cl)c2F)[C@@]12C(=O)Nc1cc(Cl)c(F)cc12. The fraction of sp³-hybridized carbons (Fsp3) is 0.548. The van der Waals surface area contributed by atoms with Crippen molar-refractivity contribution in [3.63, 3.8) is 0 Å². The monoisotopic (exact) mass is 591 g/mol. The second-order valence-corrected chi connectivity index (χ2v) is 13.5. The maximum absolute atomic E-state index is 15.8. The van der Waals surface area contributed by atoms with Gasteiger partial charge in [-0.2, -0.15) is 0 Å². The lowest BCUT2D eigenvalue weighted by atomic mass is 9.62. The van der Waals surface area contributed by atoms with E-state index in [1.807, 2.05) is 20.8 Å². The molecule has 0 aromatic heterocycles. The van der Waals surface area contributed by atoms with E-state index in [0.29, 0.717) is 24.1 Å². The van der Waals surface area contributed by atoms with Crippen LogP contribution in [-0.4, -0.2) is 48.3 Å². The second kappa shape index (κ2) is 11.3. The van der Waals surface area contributed by atoms with Gasteiger partial charge in [0.2, 0.25) is 5.91 Å². The molecule has 2 fully saturated rings. The lowest BCUT2D eigenvalue weighted by Gasteiger charge is -2.37. The number of carbonyl (C=O) groups excluding carboxylic acids is 2.